The van der Waals surface area contributed by atoms with Crippen LogP contribution in [0.2, 0.25) is 0 Å². The van der Waals surface area contributed by atoms with Crippen LogP contribution in [0.15, 0.2) is 78.9 Å². The van der Waals surface area contributed by atoms with Crippen LogP contribution >= 0.6 is 12.4 Å². The van der Waals surface area contributed by atoms with Crippen LogP contribution in [0, 0.1) is 5.82 Å². The summed E-state index contributed by atoms with van der Waals surface area (Å²) in [7, 11) is 0. The maximum Gasteiger partial charge on any atom is 0.345 e. The van der Waals surface area contributed by atoms with Gasteiger partial charge in [-0.1, -0.05) is 47.6 Å². The number of rotatable bonds is 7. The molecular formula is C21H19ClFN5O. The van der Waals surface area contributed by atoms with Crippen LogP contribution in [-0.4, -0.2) is 20.2 Å². The van der Waals surface area contributed by atoms with Crippen LogP contribution in [0.25, 0.3) is 5.69 Å². The maximum atomic E-state index is 13.0. The van der Waals surface area contributed by atoms with Gasteiger partial charge in [0.2, 0.25) is 0 Å². The molecule has 6 nitrogen and oxygen atoms in total. The summed E-state index contributed by atoms with van der Waals surface area (Å²) in [4.78, 5) is 0. The van der Waals surface area contributed by atoms with Gasteiger partial charge in [0, 0.05) is 13.1 Å². The molecule has 0 unspecified atom stereocenters. The second-order valence-corrected chi connectivity index (χ2v) is 6.19. The fourth-order valence-corrected chi connectivity index (χ4v) is 2.75. The number of halogens is 2. The van der Waals surface area contributed by atoms with Gasteiger partial charge in [-0.05, 0) is 58.0 Å². The first kappa shape index (κ1) is 20.4. The first-order valence-corrected chi connectivity index (χ1v) is 8.84. The first-order chi connectivity index (χ1) is 13.8. The molecular weight excluding hydrogens is 393 g/mol. The third-order valence-electron chi connectivity index (χ3n) is 4.12. The Kier molecular flexibility index (Phi) is 6.89. The average Bonchev–Trinajstić information content (AvgIpc) is 3.19. The number of hydrogen-bond donors (Lipinski definition) is 1. The van der Waals surface area contributed by atoms with Gasteiger partial charge < -0.3 is 10.1 Å². The molecule has 4 rings (SSSR count). The van der Waals surface area contributed by atoms with Crippen LogP contribution < -0.4 is 10.1 Å². The lowest BCUT2D eigenvalue weighted by Gasteiger charge is -2.09. The van der Waals surface area contributed by atoms with Gasteiger partial charge in [-0.3, -0.25) is 0 Å². The summed E-state index contributed by atoms with van der Waals surface area (Å²) in [5, 5.41) is 15.0. The molecule has 0 saturated heterocycles. The quantitative estimate of drug-likeness (QED) is 0.491. The molecule has 0 atom stereocenters. The minimum absolute atomic E-state index is 0. The normalized spacial score (nSPS) is 10.4. The van der Waals surface area contributed by atoms with Gasteiger partial charge in [0.25, 0.3) is 0 Å². The van der Waals surface area contributed by atoms with E-state index >= 15 is 0 Å². The van der Waals surface area contributed by atoms with E-state index in [1.165, 1.54) is 12.1 Å². The Balaban J connectivity index is 0.00000240. The Hall–Kier alpha value is -3.29. The molecule has 0 saturated carbocycles. The van der Waals surface area contributed by atoms with Gasteiger partial charge in [-0.2, -0.15) is 4.68 Å². The third kappa shape index (κ3) is 5.37. The van der Waals surface area contributed by atoms with Crippen LogP contribution in [-0.2, 0) is 13.1 Å². The van der Waals surface area contributed by atoms with Crippen molar-refractivity contribution in [3.05, 3.63) is 95.8 Å². The van der Waals surface area contributed by atoms with Crippen molar-refractivity contribution in [2.24, 2.45) is 0 Å². The van der Waals surface area contributed by atoms with E-state index in [1.54, 1.807) is 16.8 Å². The molecule has 4 aromatic rings. The second kappa shape index (κ2) is 9.77. The van der Waals surface area contributed by atoms with Crippen LogP contribution in [0.1, 0.15) is 11.1 Å². The zero-order valence-corrected chi connectivity index (χ0v) is 16.2. The highest BCUT2D eigenvalue weighted by atomic mass is 35.5. The van der Waals surface area contributed by atoms with Gasteiger partial charge in [0.15, 0.2) is 0 Å². The van der Waals surface area contributed by atoms with E-state index in [9.17, 15) is 4.39 Å². The lowest BCUT2D eigenvalue weighted by atomic mass is 10.2. The number of tetrazole rings is 1. The van der Waals surface area contributed by atoms with Gasteiger partial charge in [0.05, 0.1) is 5.69 Å². The van der Waals surface area contributed by atoms with Gasteiger partial charge in [-0.15, -0.1) is 12.4 Å². The molecule has 0 bridgehead atoms. The SMILES string of the molecule is Cl.Fc1ccc(CNCc2cccc(Oc3nnnn3-c3ccccc3)c2)cc1. The summed E-state index contributed by atoms with van der Waals surface area (Å²) in [5.41, 5.74) is 2.90. The minimum Gasteiger partial charge on any atom is -0.423 e. The highest BCUT2D eigenvalue weighted by Gasteiger charge is 2.10. The molecule has 8 heteroatoms. The maximum absolute atomic E-state index is 13.0. The highest BCUT2D eigenvalue weighted by Crippen LogP contribution is 2.22. The Morgan fingerprint density at radius 2 is 1.62 bits per heavy atom. The summed E-state index contributed by atoms with van der Waals surface area (Å²) in [6.45, 7) is 1.30. The molecule has 0 aliphatic heterocycles. The first-order valence-electron chi connectivity index (χ1n) is 8.84. The molecule has 0 radical (unpaired) electrons. The topological polar surface area (TPSA) is 64.9 Å². The standard InChI is InChI=1S/C21H18FN5O.ClH/c22-18-11-9-16(10-12-18)14-23-15-17-5-4-8-20(13-17)28-21-24-25-26-27(21)19-6-2-1-3-7-19;/h1-13,23H,14-15H2;1H. The average molecular weight is 412 g/mol. The lowest BCUT2D eigenvalue weighted by molar-refractivity contribution is 0.426. The van der Waals surface area contributed by atoms with Crippen molar-refractivity contribution in [2.75, 3.05) is 0 Å². The molecule has 29 heavy (non-hydrogen) atoms. The van der Waals surface area contributed by atoms with Crippen LogP contribution in [0.5, 0.6) is 11.8 Å². The lowest BCUT2D eigenvalue weighted by Crippen LogP contribution is -2.12. The zero-order valence-electron chi connectivity index (χ0n) is 15.4. The van der Waals surface area contributed by atoms with E-state index in [-0.39, 0.29) is 18.2 Å². The van der Waals surface area contributed by atoms with Gasteiger partial charge >= 0.3 is 6.01 Å². The van der Waals surface area contributed by atoms with Crippen molar-refractivity contribution in [1.82, 2.24) is 25.5 Å². The monoisotopic (exact) mass is 411 g/mol. The van der Waals surface area contributed by atoms with E-state index < -0.39 is 0 Å². The van der Waals surface area contributed by atoms with Crippen LogP contribution in [0.4, 0.5) is 4.39 Å². The Bertz CT molecular complexity index is 1040. The summed E-state index contributed by atoms with van der Waals surface area (Å²) >= 11 is 0. The number of benzene rings is 3. The molecule has 1 heterocycles. The number of nitrogens with zero attached hydrogens (tertiary/aromatic N) is 4. The number of para-hydroxylation sites is 1. The Morgan fingerprint density at radius 3 is 2.41 bits per heavy atom. The molecule has 0 aliphatic rings. The zero-order chi connectivity index (χ0) is 19.2. The van der Waals surface area contributed by atoms with E-state index in [0.29, 0.717) is 24.8 Å². The number of nitrogens with one attached hydrogen (secondary N) is 1. The van der Waals surface area contributed by atoms with Crippen molar-refractivity contribution in [3.63, 3.8) is 0 Å². The molecule has 0 spiro atoms. The van der Waals surface area contributed by atoms with Crippen molar-refractivity contribution in [1.29, 1.82) is 0 Å². The third-order valence-corrected chi connectivity index (χ3v) is 4.12. The predicted octanol–water partition coefficient (Wildman–Crippen LogP) is 4.31. The van der Waals surface area contributed by atoms with Crippen molar-refractivity contribution in [3.8, 4) is 17.4 Å². The largest absolute Gasteiger partial charge is 0.423 e. The van der Waals surface area contributed by atoms with E-state index in [2.05, 4.69) is 20.8 Å². The van der Waals surface area contributed by atoms with Crippen molar-refractivity contribution in [2.45, 2.75) is 13.1 Å². The second-order valence-electron chi connectivity index (χ2n) is 6.19. The fraction of sp³-hybridized carbons (Fsp3) is 0.0952. The van der Waals surface area contributed by atoms with E-state index in [0.717, 1.165) is 16.8 Å². The molecule has 1 N–H and O–H groups in total. The number of aromatic nitrogens is 4. The summed E-state index contributed by atoms with van der Waals surface area (Å²) in [5.74, 6) is 0.416. The predicted molar refractivity (Wildman–Crippen MR) is 110 cm³/mol. The summed E-state index contributed by atoms with van der Waals surface area (Å²) in [6.07, 6.45) is 0. The number of hydrogen-bond acceptors (Lipinski definition) is 5. The summed E-state index contributed by atoms with van der Waals surface area (Å²) < 4.78 is 20.4. The minimum atomic E-state index is -0.230. The molecule has 3 aromatic carbocycles. The molecule has 0 amide bonds. The van der Waals surface area contributed by atoms with Gasteiger partial charge in [-0.25, -0.2) is 4.39 Å². The smallest absolute Gasteiger partial charge is 0.345 e. The van der Waals surface area contributed by atoms with Gasteiger partial charge in [0.1, 0.15) is 11.6 Å². The Morgan fingerprint density at radius 1 is 0.862 bits per heavy atom. The molecule has 148 valence electrons. The molecule has 1 aromatic heterocycles. The molecule has 0 aliphatic carbocycles. The molecule has 0 fully saturated rings. The van der Waals surface area contributed by atoms with E-state index in [4.69, 9.17) is 4.74 Å². The highest BCUT2D eigenvalue weighted by molar-refractivity contribution is 5.85. The van der Waals surface area contributed by atoms with E-state index in [1.807, 2.05) is 54.6 Å². The van der Waals surface area contributed by atoms with Crippen molar-refractivity contribution >= 4 is 12.4 Å². The number of ether oxygens (including phenoxy) is 1. The van der Waals surface area contributed by atoms with Crippen molar-refractivity contribution < 1.29 is 9.13 Å². The fourth-order valence-electron chi connectivity index (χ4n) is 2.75. The summed E-state index contributed by atoms with van der Waals surface area (Å²) in [6, 6.07) is 24.0. The van der Waals surface area contributed by atoms with Crippen LogP contribution in [0.3, 0.4) is 0 Å². The Labute approximate surface area is 173 Å².